The van der Waals surface area contributed by atoms with E-state index in [-0.39, 0.29) is 12.6 Å². The smallest absolute Gasteiger partial charge is 0.314 e. The number of hydrogen-bond acceptors (Lipinski definition) is 2. The first-order chi connectivity index (χ1) is 9.43. The van der Waals surface area contributed by atoms with Crippen LogP contribution in [0.4, 0.5) is 4.79 Å². The molecule has 0 aromatic carbocycles. The molecule has 116 valence electrons. The van der Waals surface area contributed by atoms with Gasteiger partial charge in [-0.25, -0.2) is 4.79 Å². The summed E-state index contributed by atoms with van der Waals surface area (Å²) in [5.41, 5.74) is -0.538. The summed E-state index contributed by atoms with van der Waals surface area (Å²) in [5.74, 6) is -0.840. The number of rotatable bonds is 9. The zero-order valence-corrected chi connectivity index (χ0v) is 12.9. The van der Waals surface area contributed by atoms with Gasteiger partial charge in [0.1, 0.15) is 0 Å². The predicted molar refractivity (Wildman–Crippen MR) is 78.6 cm³/mol. The fourth-order valence-corrected chi connectivity index (χ4v) is 2.68. The van der Waals surface area contributed by atoms with Gasteiger partial charge < -0.3 is 15.7 Å². The van der Waals surface area contributed by atoms with Crippen molar-refractivity contribution < 1.29 is 14.7 Å². The maximum Gasteiger partial charge on any atom is 0.314 e. The minimum absolute atomic E-state index is 0.182. The van der Waals surface area contributed by atoms with Crippen LogP contribution < -0.4 is 10.6 Å². The molecule has 0 aliphatic heterocycles. The maximum absolute atomic E-state index is 11.8. The average Bonchev–Trinajstić information content (AvgIpc) is 3.18. The lowest BCUT2D eigenvalue weighted by Crippen LogP contribution is -2.46. The molecule has 1 saturated carbocycles. The van der Waals surface area contributed by atoms with E-state index in [0.29, 0.717) is 24.8 Å². The molecule has 1 rings (SSSR count). The van der Waals surface area contributed by atoms with Crippen LogP contribution in [-0.2, 0) is 4.79 Å². The number of carboxylic acids is 1. The lowest BCUT2D eigenvalue weighted by molar-refractivity contribution is -0.149. The van der Waals surface area contributed by atoms with Gasteiger partial charge in [0.2, 0.25) is 0 Å². The van der Waals surface area contributed by atoms with Crippen molar-refractivity contribution in [3.8, 4) is 0 Å². The first-order valence-electron chi connectivity index (χ1n) is 7.69. The molecule has 0 unspecified atom stereocenters. The van der Waals surface area contributed by atoms with Crippen LogP contribution in [0.3, 0.4) is 0 Å². The van der Waals surface area contributed by atoms with Crippen LogP contribution in [0.15, 0.2) is 0 Å². The Bertz CT molecular complexity index is 347. The highest BCUT2D eigenvalue weighted by atomic mass is 16.4. The van der Waals surface area contributed by atoms with Gasteiger partial charge in [-0.1, -0.05) is 27.2 Å². The quantitative estimate of drug-likeness (QED) is 0.609. The van der Waals surface area contributed by atoms with Crippen molar-refractivity contribution in [3.63, 3.8) is 0 Å². The van der Waals surface area contributed by atoms with Crippen LogP contribution in [0.2, 0.25) is 0 Å². The van der Waals surface area contributed by atoms with Crippen molar-refractivity contribution in [1.29, 1.82) is 0 Å². The molecule has 1 aliphatic carbocycles. The van der Waals surface area contributed by atoms with Crippen molar-refractivity contribution in [2.75, 3.05) is 13.1 Å². The second kappa shape index (κ2) is 6.95. The monoisotopic (exact) mass is 284 g/mol. The number of nitrogens with one attached hydrogen (secondary N) is 2. The molecule has 1 fully saturated rings. The van der Waals surface area contributed by atoms with Gasteiger partial charge in [0.25, 0.3) is 0 Å². The Morgan fingerprint density at radius 2 is 1.75 bits per heavy atom. The highest BCUT2D eigenvalue weighted by Crippen LogP contribution is 2.48. The Hall–Kier alpha value is -1.26. The molecule has 3 N–H and O–H groups in total. The summed E-state index contributed by atoms with van der Waals surface area (Å²) in [6, 6.07) is -0.250. The van der Waals surface area contributed by atoms with Gasteiger partial charge in [-0.3, -0.25) is 4.79 Å². The number of urea groups is 1. The predicted octanol–water partition coefficient (Wildman–Crippen LogP) is 2.76. The number of aliphatic carboxylic acids is 1. The van der Waals surface area contributed by atoms with Crippen LogP contribution in [0.1, 0.15) is 59.3 Å². The lowest BCUT2D eigenvalue weighted by atomic mass is 9.82. The molecule has 5 nitrogen and oxygen atoms in total. The van der Waals surface area contributed by atoms with Gasteiger partial charge in [-0.2, -0.15) is 0 Å². The van der Waals surface area contributed by atoms with Crippen LogP contribution in [0.25, 0.3) is 0 Å². The van der Waals surface area contributed by atoms with Crippen LogP contribution in [0.5, 0.6) is 0 Å². The van der Waals surface area contributed by atoms with Gasteiger partial charge >= 0.3 is 12.0 Å². The summed E-state index contributed by atoms with van der Waals surface area (Å²) in [7, 11) is 0. The minimum Gasteiger partial charge on any atom is -0.481 e. The molecule has 1 aliphatic rings. The van der Waals surface area contributed by atoms with Gasteiger partial charge in [-0.15, -0.1) is 0 Å². The highest BCUT2D eigenvalue weighted by Gasteiger charge is 2.41. The number of amides is 2. The highest BCUT2D eigenvalue weighted by molar-refractivity contribution is 5.78. The van der Waals surface area contributed by atoms with Crippen molar-refractivity contribution in [3.05, 3.63) is 0 Å². The molecule has 0 bridgehead atoms. The number of carbonyl (C=O) groups excluding carboxylic acids is 1. The first kappa shape index (κ1) is 16.8. The van der Waals surface area contributed by atoms with E-state index in [4.69, 9.17) is 0 Å². The fraction of sp³-hybridized carbons (Fsp3) is 0.867. The Labute approximate surface area is 121 Å². The van der Waals surface area contributed by atoms with Crippen LogP contribution in [0, 0.1) is 10.8 Å². The Morgan fingerprint density at radius 3 is 2.15 bits per heavy atom. The van der Waals surface area contributed by atoms with E-state index < -0.39 is 11.4 Å². The van der Waals surface area contributed by atoms with E-state index in [1.165, 1.54) is 12.8 Å². The molecule has 20 heavy (non-hydrogen) atoms. The van der Waals surface area contributed by atoms with Crippen molar-refractivity contribution in [2.45, 2.75) is 59.3 Å². The third-order valence-electron chi connectivity index (χ3n) is 4.76. The average molecular weight is 284 g/mol. The van der Waals surface area contributed by atoms with E-state index in [1.807, 2.05) is 13.8 Å². The van der Waals surface area contributed by atoms with Gasteiger partial charge in [0, 0.05) is 13.1 Å². The normalized spacial score (nSPS) is 16.6. The molecular formula is C15H28N2O3. The number of carboxylic acid groups (broad SMARTS) is 1. The molecule has 0 radical (unpaired) electrons. The summed E-state index contributed by atoms with van der Waals surface area (Å²) in [6.07, 6.45) is 5.68. The lowest BCUT2D eigenvalue weighted by Gasteiger charge is -2.27. The molecular weight excluding hydrogens is 256 g/mol. The molecule has 5 heteroatoms. The zero-order valence-electron chi connectivity index (χ0n) is 12.9. The van der Waals surface area contributed by atoms with Crippen molar-refractivity contribution in [2.24, 2.45) is 10.8 Å². The SMILES string of the molecule is CCCC1(CNC(=O)NCC(CC)(CC)C(=O)O)CC1. The van der Waals surface area contributed by atoms with Crippen molar-refractivity contribution in [1.82, 2.24) is 10.6 Å². The van der Waals surface area contributed by atoms with Crippen LogP contribution >= 0.6 is 0 Å². The summed E-state index contributed by atoms with van der Waals surface area (Å²) in [6.45, 7) is 6.73. The molecule has 0 atom stereocenters. The van der Waals surface area contributed by atoms with Gasteiger partial charge in [0.05, 0.1) is 5.41 Å². The zero-order chi connectivity index (χ0) is 15.2. The molecule has 2 amide bonds. The Kier molecular flexibility index (Phi) is 5.84. The Morgan fingerprint density at radius 1 is 1.15 bits per heavy atom. The summed E-state index contributed by atoms with van der Waals surface area (Å²) in [4.78, 5) is 23.1. The first-order valence-corrected chi connectivity index (χ1v) is 7.69. The topological polar surface area (TPSA) is 78.4 Å². The van der Waals surface area contributed by atoms with Crippen molar-refractivity contribution >= 4 is 12.0 Å². The van der Waals surface area contributed by atoms with Gasteiger partial charge in [0.15, 0.2) is 0 Å². The Balaban J connectivity index is 2.37. The largest absolute Gasteiger partial charge is 0.481 e. The molecule has 0 saturated heterocycles. The van der Waals surface area contributed by atoms with Gasteiger partial charge in [-0.05, 0) is 37.5 Å². The fourth-order valence-electron chi connectivity index (χ4n) is 2.68. The van der Waals surface area contributed by atoms with E-state index >= 15 is 0 Å². The third-order valence-corrected chi connectivity index (χ3v) is 4.76. The minimum atomic E-state index is -0.849. The number of hydrogen-bond donors (Lipinski definition) is 3. The van der Waals surface area contributed by atoms with E-state index in [9.17, 15) is 14.7 Å². The van der Waals surface area contributed by atoms with E-state index in [1.54, 1.807) is 0 Å². The second-order valence-electron chi connectivity index (χ2n) is 6.08. The van der Waals surface area contributed by atoms with Crippen LogP contribution in [-0.4, -0.2) is 30.2 Å². The summed E-state index contributed by atoms with van der Waals surface area (Å²) < 4.78 is 0. The molecule has 0 heterocycles. The van der Waals surface area contributed by atoms with E-state index in [2.05, 4.69) is 17.6 Å². The summed E-state index contributed by atoms with van der Waals surface area (Å²) in [5, 5.41) is 14.9. The molecule has 0 aromatic heterocycles. The van der Waals surface area contributed by atoms with E-state index in [0.717, 1.165) is 12.8 Å². The summed E-state index contributed by atoms with van der Waals surface area (Å²) >= 11 is 0. The third kappa shape index (κ3) is 4.12. The second-order valence-corrected chi connectivity index (χ2v) is 6.08. The number of carbonyl (C=O) groups is 2. The standard InChI is InChI=1S/C15H28N2O3/c1-4-7-14(8-9-14)10-16-13(20)17-11-15(5-2,6-3)12(18)19/h4-11H2,1-3H3,(H,18,19)(H2,16,17,20). The molecule has 0 aromatic rings. The maximum atomic E-state index is 11.8. The molecule has 0 spiro atoms.